The van der Waals surface area contributed by atoms with E-state index in [4.69, 9.17) is 5.73 Å². The second-order valence-corrected chi connectivity index (χ2v) is 5.59. The predicted molar refractivity (Wildman–Crippen MR) is 68.6 cm³/mol. The van der Waals surface area contributed by atoms with Crippen LogP contribution in [-0.2, 0) is 4.79 Å². The zero-order chi connectivity index (χ0) is 12.6. The normalized spacial score (nSPS) is 34.7. The highest BCUT2D eigenvalue weighted by atomic mass is 16.2. The first-order valence-electron chi connectivity index (χ1n) is 6.82. The second-order valence-electron chi connectivity index (χ2n) is 5.59. The highest BCUT2D eigenvalue weighted by Crippen LogP contribution is 2.36. The van der Waals surface area contributed by atoms with Crippen LogP contribution in [0.2, 0.25) is 0 Å². The molecule has 0 aromatic rings. The summed E-state index contributed by atoms with van der Waals surface area (Å²) in [6.45, 7) is 4.86. The average molecular weight is 239 g/mol. The maximum absolute atomic E-state index is 12.2. The van der Waals surface area contributed by atoms with Crippen molar-refractivity contribution in [2.75, 3.05) is 13.6 Å². The summed E-state index contributed by atoms with van der Waals surface area (Å²) in [6, 6.07) is 1.43. The van der Waals surface area contributed by atoms with Gasteiger partial charge in [0.15, 0.2) is 0 Å². The number of fused-ring (bicyclic) bond motifs is 2. The molecule has 2 fully saturated rings. The average Bonchev–Trinajstić information content (AvgIpc) is 2.58. The molecule has 0 aromatic heterocycles. The van der Waals surface area contributed by atoms with Crippen LogP contribution < -0.4 is 5.73 Å². The molecule has 2 aliphatic heterocycles. The van der Waals surface area contributed by atoms with Gasteiger partial charge in [-0.1, -0.05) is 0 Å². The molecule has 0 saturated carbocycles. The van der Waals surface area contributed by atoms with Crippen LogP contribution >= 0.6 is 0 Å². The van der Waals surface area contributed by atoms with Crippen LogP contribution in [0, 0.1) is 0 Å². The van der Waals surface area contributed by atoms with Crippen molar-refractivity contribution in [3.05, 3.63) is 0 Å². The number of likely N-dealkylation sites (N-methyl/N-ethyl adjacent to an activating group) is 1. The lowest BCUT2D eigenvalue weighted by Gasteiger charge is -2.41. The van der Waals surface area contributed by atoms with E-state index in [0.29, 0.717) is 18.1 Å². The third-order valence-electron chi connectivity index (χ3n) is 4.48. The Morgan fingerprint density at radius 2 is 1.94 bits per heavy atom. The van der Waals surface area contributed by atoms with Crippen LogP contribution in [0.4, 0.5) is 0 Å². The molecule has 0 aromatic carbocycles. The molecule has 98 valence electrons. The van der Waals surface area contributed by atoms with Crippen molar-refractivity contribution in [1.82, 2.24) is 9.80 Å². The number of hydrogen-bond donors (Lipinski definition) is 1. The number of nitrogens with two attached hydrogens (primary N) is 1. The van der Waals surface area contributed by atoms with Crippen molar-refractivity contribution < 1.29 is 4.79 Å². The summed E-state index contributed by atoms with van der Waals surface area (Å²) < 4.78 is 0. The Kier molecular flexibility index (Phi) is 3.73. The van der Waals surface area contributed by atoms with Gasteiger partial charge in [-0.05, 0) is 39.5 Å². The number of nitrogens with zero attached hydrogens (tertiary/aromatic N) is 2. The minimum atomic E-state index is 0.0185. The SMILES string of the molecule is CCN(C)C(=O)C(C)N1C2CCC1CC(N)C2. The van der Waals surface area contributed by atoms with E-state index in [1.807, 2.05) is 18.9 Å². The number of amides is 1. The molecule has 17 heavy (non-hydrogen) atoms. The van der Waals surface area contributed by atoms with Crippen LogP contribution in [0.1, 0.15) is 39.5 Å². The number of piperidine rings is 1. The third kappa shape index (κ3) is 2.33. The first-order valence-corrected chi connectivity index (χ1v) is 6.82. The van der Waals surface area contributed by atoms with E-state index in [-0.39, 0.29) is 11.9 Å². The highest BCUT2D eigenvalue weighted by molar-refractivity contribution is 5.81. The molecule has 2 heterocycles. The molecule has 2 N–H and O–H groups in total. The summed E-state index contributed by atoms with van der Waals surface area (Å²) in [5.74, 6) is 0.250. The molecule has 3 atom stereocenters. The van der Waals surface area contributed by atoms with E-state index in [1.165, 1.54) is 12.8 Å². The second kappa shape index (κ2) is 4.94. The topological polar surface area (TPSA) is 49.6 Å². The molecule has 2 bridgehead atoms. The predicted octanol–water partition coefficient (Wildman–Crippen LogP) is 0.807. The maximum Gasteiger partial charge on any atom is 0.239 e. The van der Waals surface area contributed by atoms with E-state index in [0.717, 1.165) is 19.4 Å². The smallest absolute Gasteiger partial charge is 0.239 e. The lowest BCUT2D eigenvalue weighted by Crippen LogP contribution is -2.55. The van der Waals surface area contributed by atoms with Gasteiger partial charge < -0.3 is 10.6 Å². The summed E-state index contributed by atoms with van der Waals surface area (Å²) in [4.78, 5) is 16.5. The van der Waals surface area contributed by atoms with Crippen LogP contribution in [-0.4, -0.2) is 53.5 Å². The molecular formula is C13H25N3O. The third-order valence-corrected chi connectivity index (χ3v) is 4.48. The van der Waals surface area contributed by atoms with Gasteiger partial charge in [-0.15, -0.1) is 0 Å². The molecule has 0 aliphatic carbocycles. The standard InChI is InChI=1S/C13H25N3O/c1-4-15(3)13(17)9(2)16-11-5-6-12(16)8-10(14)7-11/h9-12H,4-8,14H2,1-3H3. The molecule has 2 aliphatic rings. The molecule has 0 radical (unpaired) electrons. The van der Waals surface area contributed by atoms with Crippen molar-refractivity contribution in [2.45, 2.75) is 63.7 Å². The van der Waals surface area contributed by atoms with Crippen molar-refractivity contribution >= 4 is 5.91 Å². The van der Waals surface area contributed by atoms with E-state index in [1.54, 1.807) is 0 Å². The van der Waals surface area contributed by atoms with E-state index in [2.05, 4.69) is 11.8 Å². The van der Waals surface area contributed by atoms with Gasteiger partial charge in [0.2, 0.25) is 5.91 Å². The van der Waals surface area contributed by atoms with Gasteiger partial charge in [0, 0.05) is 31.7 Å². The van der Waals surface area contributed by atoms with Crippen LogP contribution in [0.15, 0.2) is 0 Å². The Labute approximate surface area is 104 Å². The number of hydrogen-bond acceptors (Lipinski definition) is 3. The fourth-order valence-electron chi connectivity index (χ4n) is 3.49. The van der Waals surface area contributed by atoms with Gasteiger partial charge in [0.25, 0.3) is 0 Å². The molecule has 0 spiro atoms. The summed E-state index contributed by atoms with van der Waals surface area (Å²) in [5, 5.41) is 0. The Hall–Kier alpha value is -0.610. The first-order chi connectivity index (χ1) is 8.04. The van der Waals surface area contributed by atoms with Gasteiger partial charge in [-0.25, -0.2) is 0 Å². The van der Waals surface area contributed by atoms with E-state index in [9.17, 15) is 4.79 Å². The van der Waals surface area contributed by atoms with Gasteiger partial charge in [0.05, 0.1) is 6.04 Å². The Morgan fingerprint density at radius 3 is 2.41 bits per heavy atom. The fraction of sp³-hybridized carbons (Fsp3) is 0.923. The highest BCUT2D eigenvalue weighted by Gasteiger charge is 2.43. The number of carbonyl (C=O) groups excluding carboxylic acids is 1. The zero-order valence-electron chi connectivity index (χ0n) is 11.2. The molecule has 4 heteroatoms. The summed E-state index contributed by atoms with van der Waals surface area (Å²) in [5.41, 5.74) is 6.06. The Balaban J connectivity index is 2.05. The summed E-state index contributed by atoms with van der Waals surface area (Å²) in [7, 11) is 1.89. The molecule has 1 amide bonds. The maximum atomic E-state index is 12.2. The molecule has 2 rings (SSSR count). The van der Waals surface area contributed by atoms with E-state index < -0.39 is 0 Å². The van der Waals surface area contributed by atoms with Crippen molar-refractivity contribution in [3.8, 4) is 0 Å². The van der Waals surface area contributed by atoms with E-state index >= 15 is 0 Å². The lowest BCUT2D eigenvalue weighted by atomic mass is 9.96. The van der Waals surface area contributed by atoms with Gasteiger partial charge >= 0.3 is 0 Å². The van der Waals surface area contributed by atoms with Crippen molar-refractivity contribution in [3.63, 3.8) is 0 Å². The van der Waals surface area contributed by atoms with Crippen molar-refractivity contribution in [1.29, 1.82) is 0 Å². The largest absolute Gasteiger partial charge is 0.345 e. The monoisotopic (exact) mass is 239 g/mol. The quantitative estimate of drug-likeness (QED) is 0.793. The Bertz CT molecular complexity index is 280. The van der Waals surface area contributed by atoms with Gasteiger partial charge in [-0.2, -0.15) is 0 Å². The van der Waals surface area contributed by atoms with Gasteiger partial charge in [-0.3, -0.25) is 9.69 Å². The minimum Gasteiger partial charge on any atom is -0.345 e. The summed E-state index contributed by atoms with van der Waals surface area (Å²) >= 11 is 0. The van der Waals surface area contributed by atoms with Crippen LogP contribution in [0.3, 0.4) is 0 Å². The Morgan fingerprint density at radius 1 is 1.41 bits per heavy atom. The molecule has 4 nitrogen and oxygen atoms in total. The number of rotatable bonds is 3. The first kappa shape index (κ1) is 12.8. The fourth-order valence-corrected chi connectivity index (χ4v) is 3.49. The number of carbonyl (C=O) groups is 1. The molecule has 3 unspecified atom stereocenters. The lowest BCUT2D eigenvalue weighted by molar-refractivity contribution is -0.136. The van der Waals surface area contributed by atoms with Crippen LogP contribution in [0.5, 0.6) is 0 Å². The molecular weight excluding hydrogens is 214 g/mol. The summed E-state index contributed by atoms with van der Waals surface area (Å²) in [6.07, 6.45) is 4.55. The minimum absolute atomic E-state index is 0.0185. The van der Waals surface area contributed by atoms with Gasteiger partial charge in [0.1, 0.15) is 0 Å². The van der Waals surface area contributed by atoms with Crippen LogP contribution in [0.25, 0.3) is 0 Å². The zero-order valence-corrected chi connectivity index (χ0v) is 11.2. The van der Waals surface area contributed by atoms with Crippen molar-refractivity contribution in [2.24, 2.45) is 5.73 Å². The molecule has 2 saturated heterocycles.